The molecule has 1 aliphatic rings. The predicted molar refractivity (Wildman–Crippen MR) is 82.1 cm³/mol. The topological polar surface area (TPSA) is 64.8 Å². The van der Waals surface area contributed by atoms with E-state index in [1.54, 1.807) is 7.11 Å². The van der Waals surface area contributed by atoms with E-state index in [1.807, 2.05) is 25.1 Å². The molecule has 0 spiro atoms. The maximum Gasteiger partial charge on any atom is 0.323 e. The number of esters is 1. The molecule has 1 aromatic carbocycles. The van der Waals surface area contributed by atoms with E-state index in [2.05, 4.69) is 4.90 Å². The van der Waals surface area contributed by atoms with Crippen molar-refractivity contribution in [1.29, 1.82) is 0 Å². The van der Waals surface area contributed by atoms with Gasteiger partial charge in [-0.1, -0.05) is 12.5 Å². The lowest BCUT2D eigenvalue weighted by molar-refractivity contribution is -0.151. The third-order valence-corrected chi connectivity index (χ3v) is 3.90. The number of rotatable bonds is 5. The Labute approximate surface area is 126 Å². The number of nitrogens with two attached hydrogens (primary N) is 1. The zero-order valence-corrected chi connectivity index (χ0v) is 12.8. The Balaban J connectivity index is 2.10. The number of ether oxygens (including phenoxy) is 2. The van der Waals surface area contributed by atoms with Crippen LogP contribution in [0.1, 0.15) is 31.7 Å². The molecule has 0 aromatic heterocycles. The molecule has 5 nitrogen and oxygen atoms in total. The quantitative estimate of drug-likeness (QED) is 0.666. The Kier molecular flexibility index (Phi) is 5.44. The standard InChI is InChI=1S/C16H24N2O3/c1-3-21-16(19)15-6-4-5-9-18(15)11-12-7-8-13(20-2)10-14(12)17/h7-8,10,15H,3-6,9,11,17H2,1-2H3. The average Bonchev–Trinajstić information content (AvgIpc) is 2.50. The molecule has 0 bridgehead atoms. The van der Waals surface area contributed by atoms with Crippen molar-refractivity contribution in [3.05, 3.63) is 23.8 Å². The van der Waals surface area contributed by atoms with E-state index < -0.39 is 0 Å². The van der Waals surface area contributed by atoms with Gasteiger partial charge >= 0.3 is 5.97 Å². The van der Waals surface area contributed by atoms with Crippen LogP contribution in [0.4, 0.5) is 5.69 Å². The lowest BCUT2D eigenvalue weighted by atomic mass is 10.0. The molecule has 1 heterocycles. The van der Waals surface area contributed by atoms with Crippen LogP contribution in [0.25, 0.3) is 0 Å². The summed E-state index contributed by atoms with van der Waals surface area (Å²) in [6.45, 7) is 3.83. The number of anilines is 1. The molecule has 116 valence electrons. The SMILES string of the molecule is CCOC(=O)C1CCCCN1Cc1ccc(OC)cc1N. The Morgan fingerprint density at radius 2 is 2.24 bits per heavy atom. The number of methoxy groups -OCH3 is 1. The molecule has 2 N–H and O–H groups in total. The van der Waals surface area contributed by atoms with Gasteiger partial charge in [0.25, 0.3) is 0 Å². The summed E-state index contributed by atoms with van der Waals surface area (Å²) in [5.41, 5.74) is 7.79. The summed E-state index contributed by atoms with van der Waals surface area (Å²) in [6, 6.07) is 5.53. The third kappa shape index (κ3) is 3.88. The van der Waals surface area contributed by atoms with E-state index in [4.69, 9.17) is 15.2 Å². The third-order valence-electron chi connectivity index (χ3n) is 3.90. The number of nitrogens with zero attached hydrogens (tertiary/aromatic N) is 1. The normalized spacial score (nSPS) is 19.2. The summed E-state index contributed by atoms with van der Waals surface area (Å²) in [6.07, 6.45) is 3.03. The molecule has 0 radical (unpaired) electrons. The van der Waals surface area contributed by atoms with Gasteiger partial charge in [0.2, 0.25) is 0 Å². The second-order valence-corrected chi connectivity index (χ2v) is 5.30. The van der Waals surface area contributed by atoms with Crippen LogP contribution in [0.5, 0.6) is 5.75 Å². The van der Waals surface area contributed by atoms with Gasteiger partial charge in [-0.2, -0.15) is 0 Å². The second-order valence-electron chi connectivity index (χ2n) is 5.30. The van der Waals surface area contributed by atoms with Gasteiger partial charge in [0.15, 0.2) is 0 Å². The highest BCUT2D eigenvalue weighted by atomic mass is 16.5. The van der Waals surface area contributed by atoms with Gasteiger partial charge in [0, 0.05) is 18.3 Å². The van der Waals surface area contributed by atoms with Gasteiger partial charge in [-0.25, -0.2) is 0 Å². The molecule has 1 fully saturated rings. The van der Waals surface area contributed by atoms with E-state index in [0.29, 0.717) is 18.8 Å². The zero-order valence-electron chi connectivity index (χ0n) is 12.8. The van der Waals surface area contributed by atoms with Gasteiger partial charge < -0.3 is 15.2 Å². The molecule has 1 unspecified atom stereocenters. The largest absolute Gasteiger partial charge is 0.497 e. The highest BCUT2D eigenvalue weighted by Crippen LogP contribution is 2.25. The number of nitrogen functional groups attached to an aromatic ring is 1. The number of carbonyl (C=O) groups is 1. The molecule has 0 saturated carbocycles. The molecule has 2 rings (SSSR count). The van der Waals surface area contributed by atoms with Crippen LogP contribution in [0.2, 0.25) is 0 Å². The van der Waals surface area contributed by atoms with E-state index in [0.717, 1.165) is 37.1 Å². The fourth-order valence-corrected chi connectivity index (χ4v) is 2.75. The van der Waals surface area contributed by atoms with Crippen LogP contribution in [-0.2, 0) is 16.1 Å². The Bertz CT molecular complexity index is 490. The molecule has 0 amide bonds. The molecule has 1 saturated heterocycles. The fraction of sp³-hybridized carbons (Fsp3) is 0.562. The lowest BCUT2D eigenvalue weighted by Crippen LogP contribution is -2.45. The Morgan fingerprint density at radius 1 is 1.43 bits per heavy atom. The first-order chi connectivity index (χ1) is 10.2. The van der Waals surface area contributed by atoms with Crippen LogP contribution in [-0.4, -0.2) is 37.2 Å². The number of hydrogen-bond acceptors (Lipinski definition) is 5. The first kappa shape index (κ1) is 15.6. The first-order valence-electron chi connectivity index (χ1n) is 7.48. The monoisotopic (exact) mass is 292 g/mol. The minimum absolute atomic E-state index is 0.121. The maximum absolute atomic E-state index is 12.1. The van der Waals surface area contributed by atoms with Crippen molar-refractivity contribution >= 4 is 11.7 Å². The summed E-state index contributed by atoms with van der Waals surface area (Å²) in [4.78, 5) is 14.2. The van der Waals surface area contributed by atoms with Gasteiger partial charge in [-0.15, -0.1) is 0 Å². The van der Waals surface area contributed by atoms with Crippen LogP contribution in [0.15, 0.2) is 18.2 Å². The van der Waals surface area contributed by atoms with Crippen LogP contribution in [0, 0.1) is 0 Å². The first-order valence-corrected chi connectivity index (χ1v) is 7.48. The molecule has 1 atom stereocenters. The average molecular weight is 292 g/mol. The van der Waals surface area contributed by atoms with E-state index in [-0.39, 0.29) is 12.0 Å². The predicted octanol–water partition coefficient (Wildman–Crippen LogP) is 2.19. The van der Waals surface area contributed by atoms with Crippen molar-refractivity contribution < 1.29 is 14.3 Å². The van der Waals surface area contributed by atoms with Crippen LogP contribution in [0.3, 0.4) is 0 Å². The molecule has 1 aromatic rings. The second kappa shape index (κ2) is 7.31. The molecular formula is C16H24N2O3. The van der Waals surface area contributed by atoms with Gasteiger partial charge in [0.1, 0.15) is 11.8 Å². The number of carbonyl (C=O) groups excluding carboxylic acids is 1. The van der Waals surface area contributed by atoms with Crippen molar-refractivity contribution in [3.8, 4) is 5.75 Å². The Hall–Kier alpha value is -1.75. The van der Waals surface area contributed by atoms with Crippen molar-refractivity contribution in [3.63, 3.8) is 0 Å². The number of piperidine rings is 1. The van der Waals surface area contributed by atoms with Crippen molar-refractivity contribution in [1.82, 2.24) is 4.90 Å². The minimum atomic E-state index is -0.153. The molecule has 1 aliphatic heterocycles. The van der Waals surface area contributed by atoms with Crippen LogP contribution >= 0.6 is 0 Å². The van der Waals surface area contributed by atoms with Crippen molar-refractivity contribution in [2.75, 3.05) is 26.0 Å². The smallest absolute Gasteiger partial charge is 0.323 e. The van der Waals surface area contributed by atoms with Gasteiger partial charge in [-0.3, -0.25) is 9.69 Å². The minimum Gasteiger partial charge on any atom is -0.497 e. The molecular weight excluding hydrogens is 268 g/mol. The summed E-state index contributed by atoms with van der Waals surface area (Å²) < 4.78 is 10.3. The summed E-state index contributed by atoms with van der Waals surface area (Å²) in [5.74, 6) is 0.626. The van der Waals surface area contributed by atoms with E-state index in [1.165, 1.54) is 0 Å². The van der Waals surface area contributed by atoms with Crippen molar-refractivity contribution in [2.45, 2.75) is 38.8 Å². The molecule has 5 heteroatoms. The highest BCUT2D eigenvalue weighted by molar-refractivity contribution is 5.76. The van der Waals surface area contributed by atoms with Gasteiger partial charge in [-0.05, 0) is 37.9 Å². The Morgan fingerprint density at radius 3 is 2.90 bits per heavy atom. The van der Waals surface area contributed by atoms with Crippen LogP contribution < -0.4 is 10.5 Å². The molecule has 21 heavy (non-hydrogen) atoms. The summed E-state index contributed by atoms with van der Waals surface area (Å²) in [5, 5.41) is 0. The van der Waals surface area contributed by atoms with E-state index in [9.17, 15) is 4.79 Å². The van der Waals surface area contributed by atoms with Crippen molar-refractivity contribution in [2.24, 2.45) is 0 Å². The molecule has 0 aliphatic carbocycles. The lowest BCUT2D eigenvalue weighted by Gasteiger charge is -2.34. The number of benzene rings is 1. The van der Waals surface area contributed by atoms with E-state index >= 15 is 0 Å². The number of likely N-dealkylation sites (tertiary alicyclic amines) is 1. The van der Waals surface area contributed by atoms with Gasteiger partial charge in [0.05, 0.1) is 13.7 Å². The highest BCUT2D eigenvalue weighted by Gasteiger charge is 2.30. The summed E-state index contributed by atoms with van der Waals surface area (Å²) in [7, 11) is 1.62. The maximum atomic E-state index is 12.1. The zero-order chi connectivity index (χ0) is 15.2. The fourth-order valence-electron chi connectivity index (χ4n) is 2.75. The summed E-state index contributed by atoms with van der Waals surface area (Å²) >= 11 is 0. The number of hydrogen-bond donors (Lipinski definition) is 1.